The summed E-state index contributed by atoms with van der Waals surface area (Å²) < 4.78 is 7.16. The molecule has 0 amide bonds. The summed E-state index contributed by atoms with van der Waals surface area (Å²) in [6.45, 7) is 3.72. The van der Waals surface area contributed by atoms with Crippen molar-refractivity contribution in [1.82, 2.24) is 4.42 Å². The molecular weight excluding hydrogens is 150 g/mol. The van der Waals surface area contributed by atoms with E-state index in [1.165, 1.54) is 12.8 Å². The molecule has 0 saturated carbocycles. The fourth-order valence-electron chi connectivity index (χ4n) is 1.22. The molecule has 1 unspecified atom stereocenters. The van der Waals surface area contributed by atoms with E-state index in [-0.39, 0.29) is 6.23 Å². The Hall–Kier alpha value is 0.210. The first-order valence-corrected chi connectivity index (χ1v) is 4.22. The molecule has 1 heterocycles. The first-order chi connectivity index (χ1) is 4.84. The topological polar surface area (TPSA) is 12.5 Å². The monoisotopic (exact) mass is 163 g/mol. The van der Waals surface area contributed by atoms with E-state index in [4.69, 9.17) is 16.5 Å². The molecule has 0 aromatic carbocycles. The summed E-state index contributed by atoms with van der Waals surface area (Å²) in [7, 11) is 0. The molecule has 0 bridgehead atoms. The van der Waals surface area contributed by atoms with Crippen LogP contribution in [0.2, 0.25) is 0 Å². The largest absolute Gasteiger partial charge is 0.362 e. The quantitative estimate of drug-likeness (QED) is 0.578. The third-order valence-corrected chi connectivity index (χ3v) is 2.13. The maximum atomic E-state index is 5.87. The van der Waals surface area contributed by atoms with Crippen molar-refractivity contribution in [2.45, 2.75) is 32.4 Å². The smallest absolute Gasteiger partial charge is 0.123 e. The zero-order valence-electron chi connectivity index (χ0n) is 6.35. The average Bonchev–Trinajstić information content (AvgIpc) is 1.94. The van der Waals surface area contributed by atoms with Crippen molar-refractivity contribution < 1.29 is 4.74 Å². The minimum atomic E-state index is 0.167. The molecule has 0 N–H and O–H groups in total. The highest BCUT2D eigenvalue weighted by atomic mass is 35.5. The minimum Gasteiger partial charge on any atom is -0.362 e. The first-order valence-electron chi connectivity index (χ1n) is 3.88. The van der Waals surface area contributed by atoms with E-state index in [0.29, 0.717) is 0 Å². The van der Waals surface area contributed by atoms with Gasteiger partial charge in [-0.2, -0.15) is 4.42 Å². The Morgan fingerprint density at radius 1 is 1.60 bits per heavy atom. The number of hydrogen-bond acceptors (Lipinski definition) is 2. The zero-order valence-corrected chi connectivity index (χ0v) is 7.10. The Bertz CT molecular complexity index is 97.6. The molecule has 1 aliphatic rings. The Kier molecular flexibility index (Phi) is 3.46. The van der Waals surface area contributed by atoms with Gasteiger partial charge in [0.05, 0.1) is 0 Å². The maximum Gasteiger partial charge on any atom is 0.123 e. The van der Waals surface area contributed by atoms with Gasteiger partial charge in [-0.05, 0) is 38.0 Å². The van der Waals surface area contributed by atoms with Crippen molar-refractivity contribution in [3.63, 3.8) is 0 Å². The molecule has 0 aromatic heterocycles. The van der Waals surface area contributed by atoms with Gasteiger partial charge in [0.15, 0.2) is 0 Å². The fraction of sp³-hybridized carbons (Fsp3) is 1.00. The summed E-state index contributed by atoms with van der Waals surface area (Å²) in [4.78, 5) is 0. The molecule has 1 rings (SSSR count). The van der Waals surface area contributed by atoms with E-state index >= 15 is 0 Å². The van der Waals surface area contributed by atoms with Crippen molar-refractivity contribution in [2.75, 3.05) is 13.2 Å². The minimum absolute atomic E-state index is 0.167. The highest BCUT2D eigenvalue weighted by molar-refractivity contribution is 6.13. The highest BCUT2D eigenvalue weighted by Gasteiger charge is 2.19. The van der Waals surface area contributed by atoms with E-state index in [1.54, 1.807) is 4.42 Å². The molecule has 1 atom stereocenters. The Morgan fingerprint density at radius 2 is 2.40 bits per heavy atom. The zero-order chi connectivity index (χ0) is 7.40. The molecule has 0 aromatic rings. The Morgan fingerprint density at radius 3 is 3.00 bits per heavy atom. The summed E-state index contributed by atoms with van der Waals surface area (Å²) in [6.07, 6.45) is 3.69. The number of ether oxygens (including phenoxy) is 1. The summed E-state index contributed by atoms with van der Waals surface area (Å²) in [5.74, 6) is 0. The molecule has 60 valence electrons. The van der Waals surface area contributed by atoms with Crippen LogP contribution < -0.4 is 0 Å². The van der Waals surface area contributed by atoms with E-state index in [9.17, 15) is 0 Å². The van der Waals surface area contributed by atoms with Crippen LogP contribution in [-0.4, -0.2) is 23.8 Å². The van der Waals surface area contributed by atoms with E-state index in [0.717, 1.165) is 19.6 Å². The first kappa shape index (κ1) is 8.31. The van der Waals surface area contributed by atoms with Gasteiger partial charge in [-0.25, -0.2) is 0 Å². The summed E-state index contributed by atoms with van der Waals surface area (Å²) in [6, 6.07) is 0. The van der Waals surface area contributed by atoms with Gasteiger partial charge in [0.25, 0.3) is 0 Å². The van der Waals surface area contributed by atoms with Crippen LogP contribution in [0.15, 0.2) is 0 Å². The molecule has 1 fully saturated rings. The summed E-state index contributed by atoms with van der Waals surface area (Å²) in [5, 5.41) is 0. The van der Waals surface area contributed by atoms with Gasteiger partial charge in [-0.1, -0.05) is 0 Å². The maximum absolute atomic E-state index is 5.87. The number of halogens is 1. The normalized spacial score (nSPS) is 28.8. The molecule has 0 aliphatic carbocycles. The lowest BCUT2D eigenvalue weighted by atomic mass is 10.1. The second kappa shape index (κ2) is 4.16. The highest BCUT2D eigenvalue weighted by Crippen LogP contribution is 2.19. The average molecular weight is 164 g/mol. The van der Waals surface area contributed by atoms with E-state index < -0.39 is 0 Å². The van der Waals surface area contributed by atoms with Crippen LogP contribution in [0, 0.1) is 0 Å². The number of nitrogens with zero attached hydrogens (tertiary/aromatic N) is 1. The molecule has 0 radical (unpaired) electrons. The second-order valence-electron chi connectivity index (χ2n) is 2.53. The van der Waals surface area contributed by atoms with Gasteiger partial charge in [-0.15, -0.1) is 0 Å². The molecule has 10 heavy (non-hydrogen) atoms. The number of hydrogen-bond donors (Lipinski definition) is 0. The summed E-state index contributed by atoms with van der Waals surface area (Å²) in [5.41, 5.74) is 0. The van der Waals surface area contributed by atoms with Crippen molar-refractivity contribution in [1.29, 1.82) is 0 Å². The summed E-state index contributed by atoms with van der Waals surface area (Å²) >= 11 is 5.87. The number of piperidine rings is 1. The standard InChI is InChI=1S/C7H14ClNO/c1-2-10-7-5-3-4-6-9(7)8/h7H,2-6H2,1H3. The molecule has 3 heteroatoms. The van der Waals surface area contributed by atoms with Crippen LogP contribution in [0.4, 0.5) is 0 Å². The molecule has 0 spiro atoms. The van der Waals surface area contributed by atoms with Gasteiger partial charge in [0.1, 0.15) is 6.23 Å². The molecular formula is C7H14ClNO. The predicted octanol–water partition coefficient (Wildman–Crippen LogP) is 1.99. The van der Waals surface area contributed by atoms with Gasteiger partial charge >= 0.3 is 0 Å². The van der Waals surface area contributed by atoms with E-state index in [2.05, 4.69) is 0 Å². The number of rotatable bonds is 2. The lowest BCUT2D eigenvalue weighted by Gasteiger charge is -2.29. The van der Waals surface area contributed by atoms with Crippen LogP contribution in [0.1, 0.15) is 26.2 Å². The van der Waals surface area contributed by atoms with Gasteiger partial charge in [-0.3, -0.25) is 0 Å². The van der Waals surface area contributed by atoms with Crippen molar-refractivity contribution in [2.24, 2.45) is 0 Å². The molecule has 1 aliphatic heterocycles. The van der Waals surface area contributed by atoms with Gasteiger partial charge in [0, 0.05) is 13.2 Å². The van der Waals surface area contributed by atoms with Crippen LogP contribution in [0.25, 0.3) is 0 Å². The Labute approximate surface area is 67.2 Å². The van der Waals surface area contributed by atoms with Gasteiger partial charge in [0.2, 0.25) is 0 Å². The third kappa shape index (κ3) is 2.11. The van der Waals surface area contributed by atoms with Crippen molar-refractivity contribution in [3.05, 3.63) is 0 Å². The SMILES string of the molecule is CCOC1CCCCN1Cl. The molecule has 2 nitrogen and oxygen atoms in total. The predicted molar refractivity (Wildman–Crippen MR) is 41.8 cm³/mol. The van der Waals surface area contributed by atoms with Crippen LogP contribution in [0.3, 0.4) is 0 Å². The molecule has 1 saturated heterocycles. The lowest BCUT2D eigenvalue weighted by Crippen LogP contribution is -2.34. The second-order valence-corrected chi connectivity index (χ2v) is 2.96. The third-order valence-electron chi connectivity index (χ3n) is 1.74. The van der Waals surface area contributed by atoms with Gasteiger partial charge < -0.3 is 4.74 Å². The van der Waals surface area contributed by atoms with E-state index in [1.807, 2.05) is 6.92 Å². The fourth-order valence-corrected chi connectivity index (χ4v) is 1.50. The Balaban J connectivity index is 2.25. The van der Waals surface area contributed by atoms with Crippen LogP contribution in [-0.2, 0) is 4.74 Å². The van der Waals surface area contributed by atoms with Crippen LogP contribution >= 0.6 is 11.8 Å². The van der Waals surface area contributed by atoms with Crippen LogP contribution in [0.5, 0.6) is 0 Å². The van der Waals surface area contributed by atoms with Crippen molar-refractivity contribution >= 4 is 11.8 Å². The van der Waals surface area contributed by atoms with Crippen molar-refractivity contribution in [3.8, 4) is 0 Å². The lowest BCUT2D eigenvalue weighted by molar-refractivity contribution is -0.0324.